The topological polar surface area (TPSA) is 47.3 Å². The molecule has 0 aliphatic carbocycles. The number of carbonyl (C=O) groups excluding carboxylic acids is 1. The second-order valence-corrected chi connectivity index (χ2v) is 4.22. The number of hydrogen-bond acceptors (Lipinski definition) is 3. The third kappa shape index (κ3) is 1.95. The summed E-state index contributed by atoms with van der Waals surface area (Å²) in [5.74, 6) is 0.793. The number of carbonyl (C=O) groups is 1. The van der Waals surface area contributed by atoms with Crippen molar-refractivity contribution in [2.24, 2.45) is 5.92 Å². The standard InChI is InChI=1S/C13H17N3O/c1-4-9(3)12(17)11-10(5-2)15-13-14-7-6-8-16(11)13/h6-9H,4-5H2,1-3H3. The highest BCUT2D eigenvalue weighted by Crippen LogP contribution is 2.17. The molecule has 2 aromatic rings. The van der Waals surface area contributed by atoms with Gasteiger partial charge in [0.05, 0.1) is 5.69 Å². The van der Waals surface area contributed by atoms with Crippen molar-refractivity contribution in [2.75, 3.05) is 0 Å². The van der Waals surface area contributed by atoms with Crippen LogP contribution in [0.5, 0.6) is 0 Å². The highest BCUT2D eigenvalue weighted by molar-refractivity contribution is 5.97. The molecule has 2 aromatic heterocycles. The van der Waals surface area contributed by atoms with E-state index in [9.17, 15) is 4.79 Å². The number of hydrogen-bond donors (Lipinski definition) is 0. The fourth-order valence-electron chi connectivity index (χ4n) is 1.86. The lowest BCUT2D eigenvalue weighted by molar-refractivity contribution is 0.0920. The molecule has 1 atom stereocenters. The fraction of sp³-hybridized carbons (Fsp3) is 0.462. The maximum Gasteiger partial charge on any atom is 0.234 e. The number of ketones is 1. The van der Waals surface area contributed by atoms with Crippen LogP contribution >= 0.6 is 0 Å². The second-order valence-electron chi connectivity index (χ2n) is 4.22. The number of aryl methyl sites for hydroxylation is 1. The molecule has 1 unspecified atom stereocenters. The number of rotatable bonds is 4. The zero-order valence-electron chi connectivity index (χ0n) is 10.5. The highest BCUT2D eigenvalue weighted by atomic mass is 16.1. The Kier molecular flexibility index (Phi) is 3.22. The van der Waals surface area contributed by atoms with Crippen molar-refractivity contribution in [1.82, 2.24) is 14.4 Å². The molecule has 90 valence electrons. The third-order valence-electron chi connectivity index (χ3n) is 3.10. The molecular formula is C13H17N3O. The van der Waals surface area contributed by atoms with Crippen molar-refractivity contribution in [1.29, 1.82) is 0 Å². The van der Waals surface area contributed by atoms with Crippen LogP contribution in [0.25, 0.3) is 5.78 Å². The van der Waals surface area contributed by atoms with E-state index < -0.39 is 0 Å². The first-order chi connectivity index (χ1) is 8.19. The molecule has 4 heteroatoms. The van der Waals surface area contributed by atoms with Crippen LogP contribution in [0.3, 0.4) is 0 Å². The Hall–Kier alpha value is -1.71. The lowest BCUT2D eigenvalue weighted by Gasteiger charge is -2.08. The van der Waals surface area contributed by atoms with Gasteiger partial charge in [-0.2, -0.15) is 0 Å². The minimum atomic E-state index is 0.0282. The van der Waals surface area contributed by atoms with Crippen molar-refractivity contribution in [3.63, 3.8) is 0 Å². The number of imidazole rings is 1. The zero-order chi connectivity index (χ0) is 12.4. The van der Waals surface area contributed by atoms with Gasteiger partial charge >= 0.3 is 0 Å². The van der Waals surface area contributed by atoms with E-state index in [2.05, 4.69) is 9.97 Å². The Morgan fingerprint density at radius 2 is 2.24 bits per heavy atom. The van der Waals surface area contributed by atoms with E-state index >= 15 is 0 Å². The summed E-state index contributed by atoms with van der Waals surface area (Å²) in [6.07, 6.45) is 5.14. The largest absolute Gasteiger partial charge is 0.292 e. The van der Waals surface area contributed by atoms with Crippen LogP contribution in [0, 0.1) is 5.92 Å². The molecule has 2 rings (SSSR count). The van der Waals surface area contributed by atoms with Gasteiger partial charge in [0, 0.05) is 18.3 Å². The van der Waals surface area contributed by atoms with Crippen LogP contribution in [0.1, 0.15) is 43.4 Å². The first-order valence-electron chi connectivity index (χ1n) is 6.05. The quantitative estimate of drug-likeness (QED) is 0.760. The van der Waals surface area contributed by atoms with E-state index in [0.717, 1.165) is 18.5 Å². The molecular weight excluding hydrogens is 214 g/mol. The smallest absolute Gasteiger partial charge is 0.234 e. The molecule has 0 aromatic carbocycles. The molecule has 0 saturated heterocycles. The third-order valence-corrected chi connectivity index (χ3v) is 3.10. The van der Waals surface area contributed by atoms with Crippen LogP contribution in [-0.2, 0) is 6.42 Å². The van der Waals surface area contributed by atoms with Gasteiger partial charge in [0.15, 0.2) is 5.78 Å². The van der Waals surface area contributed by atoms with Gasteiger partial charge in [-0.1, -0.05) is 20.8 Å². The average molecular weight is 231 g/mol. The first-order valence-corrected chi connectivity index (χ1v) is 6.05. The Morgan fingerprint density at radius 1 is 1.47 bits per heavy atom. The number of Topliss-reactive ketones (excluding diaryl/α,β-unsaturated/α-hetero) is 1. The van der Waals surface area contributed by atoms with Crippen molar-refractivity contribution < 1.29 is 4.79 Å². The zero-order valence-corrected chi connectivity index (χ0v) is 10.5. The SMILES string of the molecule is CCc1nc2ncccn2c1C(=O)C(C)CC. The summed E-state index contributed by atoms with van der Waals surface area (Å²) in [5, 5.41) is 0. The summed E-state index contributed by atoms with van der Waals surface area (Å²) in [6.45, 7) is 5.99. The predicted octanol–water partition coefficient (Wildman–Crippen LogP) is 2.52. The normalized spacial score (nSPS) is 12.9. The van der Waals surface area contributed by atoms with Crippen LogP contribution in [0.4, 0.5) is 0 Å². The predicted molar refractivity (Wildman–Crippen MR) is 66.2 cm³/mol. The lowest BCUT2D eigenvalue weighted by atomic mass is 9.99. The molecule has 0 N–H and O–H groups in total. The second kappa shape index (κ2) is 4.65. The summed E-state index contributed by atoms with van der Waals surface area (Å²) in [7, 11) is 0. The summed E-state index contributed by atoms with van der Waals surface area (Å²) >= 11 is 0. The summed E-state index contributed by atoms with van der Waals surface area (Å²) in [4.78, 5) is 20.9. The van der Waals surface area contributed by atoms with Gasteiger partial charge < -0.3 is 0 Å². The minimum absolute atomic E-state index is 0.0282. The molecule has 0 spiro atoms. The van der Waals surface area contributed by atoms with E-state index in [4.69, 9.17) is 0 Å². The number of aromatic nitrogens is 3. The van der Waals surface area contributed by atoms with Gasteiger partial charge in [0.2, 0.25) is 5.78 Å². The van der Waals surface area contributed by atoms with Crippen molar-refractivity contribution in [2.45, 2.75) is 33.6 Å². The van der Waals surface area contributed by atoms with Gasteiger partial charge in [0.25, 0.3) is 0 Å². The molecule has 0 saturated carbocycles. The van der Waals surface area contributed by atoms with Gasteiger partial charge in [-0.15, -0.1) is 0 Å². The molecule has 0 aliphatic rings. The number of nitrogens with zero attached hydrogens (tertiary/aromatic N) is 3. The van der Waals surface area contributed by atoms with Gasteiger partial charge in [-0.25, -0.2) is 9.97 Å². The van der Waals surface area contributed by atoms with E-state index in [-0.39, 0.29) is 11.7 Å². The number of fused-ring (bicyclic) bond motifs is 1. The average Bonchev–Trinajstić information content (AvgIpc) is 2.75. The van der Waals surface area contributed by atoms with Gasteiger partial charge in [-0.05, 0) is 18.9 Å². The van der Waals surface area contributed by atoms with E-state index in [1.54, 1.807) is 10.6 Å². The van der Waals surface area contributed by atoms with Crippen molar-refractivity contribution in [3.8, 4) is 0 Å². The highest BCUT2D eigenvalue weighted by Gasteiger charge is 2.22. The molecule has 0 aliphatic heterocycles. The molecule has 17 heavy (non-hydrogen) atoms. The van der Waals surface area contributed by atoms with Crippen LogP contribution in [0.15, 0.2) is 18.5 Å². The summed E-state index contributed by atoms with van der Waals surface area (Å²) in [5.41, 5.74) is 1.54. The first kappa shape index (κ1) is 11.8. The molecule has 4 nitrogen and oxygen atoms in total. The maximum absolute atomic E-state index is 12.3. The van der Waals surface area contributed by atoms with E-state index in [1.807, 2.05) is 33.0 Å². The molecule has 2 heterocycles. The van der Waals surface area contributed by atoms with Gasteiger partial charge in [0.1, 0.15) is 5.69 Å². The Morgan fingerprint density at radius 3 is 2.88 bits per heavy atom. The minimum Gasteiger partial charge on any atom is -0.292 e. The Balaban J connectivity index is 2.61. The Labute approximate surface area is 101 Å². The van der Waals surface area contributed by atoms with Crippen LogP contribution in [-0.4, -0.2) is 20.2 Å². The lowest BCUT2D eigenvalue weighted by Crippen LogP contribution is -2.14. The van der Waals surface area contributed by atoms with Crippen molar-refractivity contribution >= 4 is 11.6 Å². The molecule has 0 bridgehead atoms. The monoisotopic (exact) mass is 231 g/mol. The van der Waals surface area contributed by atoms with Crippen LogP contribution < -0.4 is 0 Å². The maximum atomic E-state index is 12.3. The molecule has 0 radical (unpaired) electrons. The summed E-state index contributed by atoms with van der Waals surface area (Å²) < 4.78 is 1.80. The summed E-state index contributed by atoms with van der Waals surface area (Å²) in [6, 6.07) is 1.82. The van der Waals surface area contributed by atoms with Gasteiger partial charge in [-0.3, -0.25) is 9.20 Å². The molecule has 0 amide bonds. The van der Waals surface area contributed by atoms with Crippen LogP contribution in [0.2, 0.25) is 0 Å². The van der Waals surface area contributed by atoms with E-state index in [1.165, 1.54) is 0 Å². The molecule has 0 fully saturated rings. The van der Waals surface area contributed by atoms with E-state index in [0.29, 0.717) is 11.5 Å². The van der Waals surface area contributed by atoms with Crippen molar-refractivity contribution in [3.05, 3.63) is 29.8 Å². The fourth-order valence-corrected chi connectivity index (χ4v) is 1.86. The Bertz CT molecular complexity index is 545.